The molecule has 2 unspecified atom stereocenters. The standard InChI is InChI=1S/C33H44N4O2S/c1-22(2)21-37-26-6-7-27(37)18-28(17-26)36-14-12-23(13-15-36)25-16-33-31(34-20-25)19-32(35(33)3)24-4-8-29(9-5-24)40(38,39)30-10-11-30/h4-5,8-9,16,19-20,22-23,26-28,30H,6-7,10-15,17-18,21H2,1-3H3. The third kappa shape index (κ3) is 4.82. The Labute approximate surface area is 239 Å². The number of fused-ring (bicyclic) bond motifs is 3. The molecule has 2 atom stereocenters. The second-order valence-electron chi connectivity index (χ2n) is 13.4. The van der Waals surface area contributed by atoms with Gasteiger partial charge in [-0.05, 0) is 112 Å². The fourth-order valence-corrected chi connectivity index (χ4v) is 9.62. The Balaban J connectivity index is 1.03. The van der Waals surface area contributed by atoms with Crippen molar-refractivity contribution < 1.29 is 8.42 Å². The van der Waals surface area contributed by atoms with Gasteiger partial charge in [-0.15, -0.1) is 0 Å². The van der Waals surface area contributed by atoms with Crippen LogP contribution in [0.2, 0.25) is 0 Å². The Hall–Kier alpha value is -2.22. The number of aromatic nitrogens is 2. The largest absolute Gasteiger partial charge is 0.342 e. The van der Waals surface area contributed by atoms with Crippen LogP contribution in [0.4, 0.5) is 0 Å². The Bertz CT molecular complexity index is 1470. The molecule has 2 aromatic heterocycles. The van der Waals surface area contributed by atoms with Gasteiger partial charge in [-0.1, -0.05) is 26.0 Å². The molecule has 2 bridgehead atoms. The van der Waals surface area contributed by atoms with Crippen molar-refractivity contribution in [3.05, 3.63) is 48.2 Å². The van der Waals surface area contributed by atoms with E-state index in [4.69, 9.17) is 4.98 Å². The number of pyridine rings is 1. The first-order valence-electron chi connectivity index (χ1n) is 15.6. The van der Waals surface area contributed by atoms with Gasteiger partial charge in [0.2, 0.25) is 0 Å². The van der Waals surface area contributed by atoms with E-state index in [1.165, 1.54) is 63.7 Å². The van der Waals surface area contributed by atoms with Crippen LogP contribution in [-0.2, 0) is 16.9 Å². The van der Waals surface area contributed by atoms with E-state index in [0.29, 0.717) is 10.8 Å². The van der Waals surface area contributed by atoms with E-state index in [0.717, 1.165) is 59.2 Å². The van der Waals surface area contributed by atoms with E-state index in [9.17, 15) is 8.42 Å². The van der Waals surface area contributed by atoms with Gasteiger partial charge < -0.3 is 9.47 Å². The summed E-state index contributed by atoms with van der Waals surface area (Å²) in [5, 5.41) is -0.177. The van der Waals surface area contributed by atoms with Gasteiger partial charge >= 0.3 is 0 Å². The lowest BCUT2D eigenvalue weighted by molar-refractivity contribution is 0.0403. The summed E-state index contributed by atoms with van der Waals surface area (Å²) in [4.78, 5) is 11.0. The quantitative estimate of drug-likeness (QED) is 0.354. The lowest BCUT2D eigenvalue weighted by Gasteiger charge is -2.46. The van der Waals surface area contributed by atoms with Crippen molar-refractivity contribution in [3.8, 4) is 11.3 Å². The minimum Gasteiger partial charge on any atom is -0.342 e. The van der Waals surface area contributed by atoms with Gasteiger partial charge in [-0.3, -0.25) is 9.88 Å². The third-order valence-electron chi connectivity index (χ3n) is 10.3. The van der Waals surface area contributed by atoms with Crippen LogP contribution in [0.3, 0.4) is 0 Å². The van der Waals surface area contributed by atoms with E-state index in [1.807, 2.05) is 12.1 Å². The molecule has 1 aromatic carbocycles. The van der Waals surface area contributed by atoms with Crippen LogP contribution in [0.25, 0.3) is 22.3 Å². The predicted molar refractivity (Wildman–Crippen MR) is 161 cm³/mol. The summed E-state index contributed by atoms with van der Waals surface area (Å²) in [6.07, 6.45) is 11.6. The van der Waals surface area contributed by atoms with E-state index < -0.39 is 9.84 Å². The zero-order valence-corrected chi connectivity index (χ0v) is 25.1. The molecule has 0 radical (unpaired) electrons. The van der Waals surface area contributed by atoms with Crippen molar-refractivity contribution >= 4 is 20.9 Å². The average molecular weight is 561 g/mol. The van der Waals surface area contributed by atoms with Gasteiger partial charge in [0.15, 0.2) is 9.84 Å². The Morgan fingerprint density at radius 3 is 2.20 bits per heavy atom. The fourth-order valence-electron chi connectivity index (χ4n) is 7.96. The van der Waals surface area contributed by atoms with Crippen molar-refractivity contribution in [2.24, 2.45) is 13.0 Å². The minimum atomic E-state index is -3.16. The number of benzene rings is 1. The smallest absolute Gasteiger partial charge is 0.181 e. The summed E-state index contributed by atoms with van der Waals surface area (Å²) >= 11 is 0. The lowest BCUT2D eigenvalue weighted by Crippen LogP contribution is -2.52. The fraction of sp³-hybridized carbons (Fsp3) is 0.606. The van der Waals surface area contributed by atoms with Crippen LogP contribution in [0, 0.1) is 5.92 Å². The van der Waals surface area contributed by atoms with E-state index in [2.05, 4.69) is 53.6 Å². The van der Waals surface area contributed by atoms with Crippen LogP contribution in [0.1, 0.15) is 76.7 Å². The third-order valence-corrected chi connectivity index (χ3v) is 12.6. The van der Waals surface area contributed by atoms with Gasteiger partial charge in [0.05, 0.1) is 26.9 Å². The molecule has 4 aliphatic rings. The van der Waals surface area contributed by atoms with Crippen molar-refractivity contribution in [1.29, 1.82) is 0 Å². The van der Waals surface area contributed by atoms with Crippen LogP contribution < -0.4 is 0 Å². The molecular weight excluding hydrogens is 516 g/mol. The number of nitrogens with zero attached hydrogens (tertiary/aromatic N) is 4. The first-order chi connectivity index (χ1) is 19.3. The molecule has 3 saturated heterocycles. The molecule has 3 aliphatic heterocycles. The normalized spacial score (nSPS) is 26.8. The number of likely N-dealkylation sites (tertiary alicyclic amines) is 1. The van der Waals surface area contributed by atoms with E-state index in [-0.39, 0.29) is 5.25 Å². The maximum atomic E-state index is 12.6. The van der Waals surface area contributed by atoms with Gasteiger partial charge in [0.25, 0.3) is 0 Å². The highest BCUT2D eigenvalue weighted by Gasteiger charge is 2.43. The second-order valence-corrected chi connectivity index (χ2v) is 15.7. The number of hydrogen-bond acceptors (Lipinski definition) is 5. The Morgan fingerprint density at radius 2 is 1.57 bits per heavy atom. The van der Waals surface area contributed by atoms with Gasteiger partial charge in [0, 0.05) is 37.9 Å². The van der Waals surface area contributed by atoms with Crippen LogP contribution in [0.5, 0.6) is 0 Å². The molecule has 5 heterocycles. The van der Waals surface area contributed by atoms with Gasteiger partial charge in [-0.2, -0.15) is 0 Å². The van der Waals surface area contributed by atoms with Crippen LogP contribution >= 0.6 is 0 Å². The number of hydrogen-bond donors (Lipinski definition) is 0. The second kappa shape index (κ2) is 10.2. The molecule has 0 amide bonds. The molecule has 7 rings (SSSR count). The van der Waals surface area contributed by atoms with Crippen LogP contribution in [0.15, 0.2) is 47.5 Å². The summed E-state index contributed by atoms with van der Waals surface area (Å²) in [7, 11) is -1.07. The SMILES string of the molecule is CC(C)CN1C2CCC1CC(N1CCC(c3cnc4cc(-c5ccc(S(=O)(=O)C6CC6)cc5)n(C)c4c3)CC1)C2. The molecule has 1 saturated carbocycles. The first kappa shape index (κ1) is 26.7. The van der Waals surface area contributed by atoms with Crippen molar-refractivity contribution in [3.63, 3.8) is 0 Å². The summed E-state index contributed by atoms with van der Waals surface area (Å²) in [6.45, 7) is 8.39. The molecule has 0 N–H and O–H groups in total. The molecule has 0 spiro atoms. The highest BCUT2D eigenvalue weighted by molar-refractivity contribution is 7.92. The summed E-state index contributed by atoms with van der Waals surface area (Å²) in [5.41, 5.74) is 5.61. The highest BCUT2D eigenvalue weighted by atomic mass is 32.2. The molecule has 6 nitrogen and oxygen atoms in total. The number of rotatable bonds is 7. The zero-order chi connectivity index (χ0) is 27.6. The topological polar surface area (TPSA) is 58.4 Å². The van der Waals surface area contributed by atoms with Crippen molar-refractivity contribution in [2.45, 2.75) is 99.4 Å². The lowest BCUT2D eigenvalue weighted by atomic mass is 9.87. The molecular formula is C33H44N4O2S. The average Bonchev–Trinajstić information content (AvgIpc) is 3.74. The summed E-state index contributed by atoms with van der Waals surface area (Å²) in [5.74, 6) is 1.33. The number of aryl methyl sites for hydroxylation is 1. The highest BCUT2D eigenvalue weighted by Crippen LogP contribution is 2.40. The Kier molecular flexibility index (Phi) is 6.83. The molecule has 1 aliphatic carbocycles. The van der Waals surface area contributed by atoms with Crippen molar-refractivity contribution in [1.82, 2.24) is 19.4 Å². The molecule has 40 heavy (non-hydrogen) atoms. The molecule has 3 aromatic rings. The first-order valence-corrected chi connectivity index (χ1v) is 17.1. The van der Waals surface area contributed by atoms with Crippen LogP contribution in [-0.4, -0.2) is 70.8 Å². The number of piperidine rings is 2. The molecule has 4 fully saturated rings. The van der Waals surface area contributed by atoms with Gasteiger partial charge in [0.1, 0.15) is 0 Å². The van der Waals surface area contributed by atoms with Crippen molar-refractivity contribution in [2.75, 3.05) is 19.6 Å². The summed E-state index contributed by atoms with van der Waals surface area (Å²) in [6, 6.07) is 14.3. The molecule has 214 valence electrons. The van der Waals surface area contributed by atoms with E-state index >= 15 is 0 Å². The maximum absolute atomic E-state index is 12.6. The molecule has 7 heteroatoms. The minimum absolute atomic E-state index is 0.177. The Morgan fingerprint density at radius 1 is 0.900 bits per heavy atom. The number of sulfone groups is 1. The van der Waals surface area contributed by atoms with Gasteiger partial charge in [-0.25, -0.2) is 8.42 Å². The summed E-state index contributed by atoms with van der Waals surface area (Å²) < 4.78 is 27.4. The predicted octanol–water partition coefficient (Wildman–Crippen LogP) is 6.01. The maximum Gasteiger partial charge on any atom is 0.181 e. The monoisotopic (exact) mass is 560 g/mol. The van der Waals surface area contributed by atoms with E-state index in [1.54, 1.807) is 12.1 Å². The zero-order valence-electron chi connectivity index (χ0n) is 24.3.